The third-order valence-corrected chi connectivity index (χ3v) is 9.21. The van der Waals surface area contributed by atoms with E-state index in [-0.39, 0.29) is 0 Å². The molecule has 45 heavy (non-hydrogen) atoms. The van der Waals surface area contributed by atoms with E-state index in [1.807, 2.05) is 0 Å². The van der Waals surface area contributed by atoms with Gasteiger partial charge in [0.15, 0.2) is 0 Å². The van der Waals surface area contributed by atoms with E-state index < -0.39 is 0 Å². The molecule has 0 saturated carbocycles. The molecule has 0 aliphatic heterocycles. The lowest BCUT2D eigenvalue weighted by atomic mass is 9.84. The Morgan fingerprint density at radius 3 is 1.24 bits per heavy atom. The fourth-order valence-corrected chi connectivity index (χ4v) is 7.28. The Morgan fingerprint density at radius 1 is 0.267 bits per heavy atom. The molecule has 1 heterocycles. The molecule has 8 aromatic carbocycles. The Morgan fingerprint density at radius 2 is 0.689 bits per heavy atom. The number of hydrogen-bond acceptors (Lipinski definition) is 0. The molecule has 1 nitrogen and oxygen atoms in total. The fraction of sp³-hybridized carbons (Fsp3) is 0. The summed E-state index contributed by atoms with van der Waals surface area (Å²) in [7, 11) is 0. The summed E-state index contributed by atoms with van der Waals surface area (Å²) in [6.07, 6.45) is 0. The molecule has 1 heteroatoms. The van der Waals surface area contributed by atoms with Crippen molar-refractivity contribution >= 4 is 43.4 Å². The standard InChI is InChI=1S/C44H29N/c1-2-14-30(15-3-1)33-16-4-5-19-36(33)44-39-22-8-6-20-37(39)43(38-21-7-9-23-40(38)44)31-26-28-32(29-27-31)45-41-24-12-10-17-34(41)35-18-11-13-25-42(35)45/h1-29H. The average molecular weight is 572 g/mol. The van der Waals surface area contributed by atoms with Crippen molar-refractivity contribution < 1.29 is 0 Å². The van der Waals surface area contributed by atoms with E-state index in [1.54, 1.807) is 0 Å². The van der Waals surface area contributed by atoms with Gasteiger partial charge >= 0.3 is 0 Å². The van der Waals surface area contributed by atoms with Crippen LogP contribution < -0.4 is 0 Å². The Hall–Kier alpha value is -5.92. The van der Waals surface area contributed by atoms with Crippen molar-refractivity contribution in [3.05, 3.63) is 176 Å². The van der Waals surface area contributed by atoms with Crippen molar-refractivity contribution in [1.82, 2.24) is 4.57 Å². The highest BCUT2D eigenvalue weighted by Crippen LogP contribution is 2.46. The van der Waals surface area contributed by atoms with Gasteiger partial charge in [0.25, 0.3) is 0 Å². The zero-order valence-electron chi connectivity index (χ0n) is 24.7. The summed E-state index contributed by atoms with van der Waals surface area (Å²) < 4.78 is 2.38. The zero-order chi connectivity index (χ0) is 29.7. The van der Waals surface area contributed by atoms with Gasteiger partial charge in [-0.15, -0.1) is 0 Å². The molecule has 0 amide bonds. The summed E-state index contributed by atoms with van der Waals surface area (Å²) in [6.45, 7) is 0. The molecule has 9 aromatic rings. The van der Waals surface area contributed by atoms with E-state index in [4.69, 9.17) is 0 Å². The topological polar surface area (TPSA) is 4.93 Å². The van der Waals surface area contributed by atoms with Crippen molar-refractivity contribution in [3.8, 4) is 39.1 Å². The summed E-state index contributed by atoms with van der Waals surface area (Å²) in [4.78, 5) is 0. The van der Waals surface area contributed by atoms with Gasteiger partial charge in [-0.3, -0.25) is 0 Å². The lowest BCUT2D eigenvalue weighted by Crippen LogP contribution is -1.95. The van der Waals surface area contributed by atoms with Gasteiger partial charge in [0.2, 0.25) is 0 Å². The van der Waals surface area contributed by atoms with Crippen LogP contribution in [-0.2, 0) is 0 Å². The average Bonchev–Trinajstić information content (AvgIpc) is 3.45. The number of fused-ring (bicyclic) bond motifs is 5. The van der Waals surface area contributed by atoms with Crippen LogP contribution in [-0.4, -0.2) is 4.57 Å². The molecule has 0 bridgehead atoms. The van der Waals surface area contributed by atoms with Gasteiger partial charge in [-0.05, 0) is 79.2 Å². The maximum absolute atomic E-state index is 2.38. The van der Waals surface area contributed by atoms with Crippen LogP contribution in [0.4, 0.5) is 0 Å². The van der Waals surface area contributed by atoms with Crippen molar-refractivity contribution in [2.24, 2.45) is 0 Å². The first-order valence-corrected chi connectivity index (χ1v) is 15.5. The molecule has 0 aliphatic carbocycles. The van der Waals surface area contributed by atoms with Crippen molar-refractivity contribution in [3.63, 3.8) is 0 Å². The van der Waals surface area contributed by atoms with Crippen molar-refractivity contribution in [1.29, 1.82) is 0 Å². The minimum atomic E-state index is 1.16. The van der Waals surface area contributed by atoms with Crippen LogP contribution in [0.1, 0.15) is 0 Å². The second kappa shape index (κ2) is 10.4. The second-order valence-corrected chi connectivity index (χ2v) is 11.7. The highest BCUT2D eigenvalue weighted by molar-refractivity contribution is 6.22. The van der Waals surface area contributed by atoms with Crippen LogP contribution in [0.2, 0.25) is 0 Å². The van der Waals surface area contributed by atoms with Crippen molar-refractivity contribution in [2.45, 2.75) is 0 Å². The lowest BCUT2D eigenvalue weighted by Gasteiger charge is -2.20. The Balaban J connectivity index is 1.28. The molecular weight excluding hydrogens is 542 g/mol. The Kier molecular flexibility index (Phi) is 5.89. The maximum Gasteiger partial charge on any atom is 0.0541 e. The van der Waals surface area contributed by atoms with Gasteiger partial charge in [-0.2, -0.15) is 0 Å². The minimum Gasteiger partial charge on any atom is -0.309 e. The van der Waals surface area contributed by atoms with Crippen LogP contribution in [0.5, 0.6) is 0 Å². The largest absolute Gasteiger partial charge is 0.309 e. The summed E-state index contributed by atoms with van der Waals surface area (Å²) >= 11 is 0. The smallest absolute Gasteiger partial charge is 0.0541 e. The molecule has 0 radical (unpaired) electrons. The first-order valence-electron chi connectivity index (χ1n) is 15.5. The van der Waals surface area contributed by atoms with E-state index in [0.29, 0.717) is 0 Å². The van der Waals surface area contributed by atoms with Gasteiger partial charge in [0, 0.05) is 16.5 Å². The summed E-state index contributed by atoms with van der Waals surface area (Å²) in [5, 5.41) is 7.61. The summed E-state index contributed by atoms with van der Waals surface area (Å²) in [5.74, 6) is 0. The van der Waals surface area contributed by atoms with Crippen LogP contribution in [0.25, 0.3) is 82.4 Å². The molecule has 1 aromatic heterocycles. The van der Waals surface area contributed by atoms with E-state index >= 15 is 0 Å². The Labute approximate surface area is 262 Å². The summed E-state index contributed by atoms with van der Waals surface area (Å²) in [6, 6.07) is 63.9. The highest BCUT2D eigenvalue weighted by Gasteiger charge is 2.19. The third-order valence-electron chi connectivity index (χ3n) is 9.21. The first kappa shape index (κ1) is 25.6. The minimum absolute atomic E-state index is 1.16. The summed E-state index contributed by atoms with van der Waals surface area (Å²) in [5.41, 5.74) is 11.1. The van der Waals surface area contributed by atoms with Crippen molar-refractivity contribution in [2.75, 3.05) is 0 Å². The number of aromatic nitrogens is 1. The molecular formula is C44H29N. The predicted molar refractivity (Wildman–Crippen MR) is 192 cm³/mol. The maximum atomic E-state index is 2.38. The lowest BCUT2D eigenvalue weighted by molar-refractivity contribution is 1.18. The van der Waals surface area contributed by atoms with E-state index in [1.165, 1.54) is 76.7 Å². The normalized spacial score (nSPS) is 11.6. The second-order valence-electron chi connectivity index (χ2n) is 11.7. The molecule has 0 saturated heterocycles. The molecule has 0 aliphatic rings. The van der Waals surface area contributed by atoms with Gasteiger partial charge in [-0.25, -0.2) is 0 Å². The SMILES string of the molecule is c1ccc(-c2ccccc2-c2c3ccccc3c(-c3ccc(-n4c5ccccc5c5ccccc54)cc3)c3ccccc23)cc1. The highest BCUT2D eigenvalue weighted by atomic mass is 15.0. The van der Waals surface area contributed by atoms with Gasteiger partial charge < -0.3 is 4.57 Å². The van der Waals surface area contributed by atoms with Gasteiger partial charge in [0.05, 0.1) is 11.0 Å². The van der Waals surface area contributed by atoms with E-state index in [0.717, 1.165) is 5.69 Å². The van der Waals surface area contributed by atoms with Crippen LogP contribution >= 0.6 is 0 Å². The molecule has 0 unspecified atom stereocenters. The first-order chi connectivity index (χ1) is 22.4. The number of rotatable bonds is 4. The predicted octanol–water partition coefficient (Wildman–Crippen LogP) is 12.1. The fourth-order valence-electron chi connectivity index (χ4n) is 7.28. The van der Waals surface area contributed by atoms with E-state index in [2.05, 4.69) is 180 Å². The molecule has 0 N–H and O–H groups in total. The monoisotopic (exact) mass is 571 g/mol. The molecule has 0 spiro atoms. The number of para-hydroxylation sites is 2. The third kappa shape index (κ3) is 4.02. The quantitative estimate of drug-likeness (QED) is 0.185. The zero-order valence-corrected chi connectivity index (χ0v) is 24.7. The van der Waals surface area contributed by atoms with Crippen LogP contribution in [0.15, 0.2) is 176 Å². The van der Waals surface area contributed by atoms with E-state index in [9.17, 15) is 0 Å². The molecule has 0 atom stereocenters. The molecule has 9 rings (SSSR count). The molecule has 0 fully saturated rings. The van der Waals surface area contributed by atoms with Crippen LogP contribution in [0, 0.1) is 0 Å². The van der Waals surface area contributed by atoms with Crippen LogP contribution in [0.3, 0.4) is 0 Å². The van der Waals surface area contributed by atoms with Gasteiger partial charge in [-0.1, -0.05) is 152 Å². The number of benzene rings is 8. The molecule has 210 valence electrons. The Bertz CT molecular complexity index is 2410. The number of nitrogens with zero attached hydrogens (tertiary/aromatic N) is 1. The number of hydrogen-bond donors (Lipinski definition) is 0. The van der Waals surface area contributed by atoms with Gasteiger partial charge in [0.1, 0.15) is 0 Å².